The molecule has 6 heteroatoms. The molecule has 0 aliphatic rings. The van der Waals surface area contributed by atoms with Gasteiger partial charge in [0.2, 0.25) is 5.51 Å². The van der Waals surface area contributed by atoms with Gasteiger partial charge in [-0.25, -0.2) is 0 Å². The molecule has 1 amide bonds. The van der Waals surface area contributed by atoms with Crippen molar-refractivity contribution in [2.45, 2.75) is 124 Å². The summed E-state index contributed by atoms with van der Waals surface area (Å²) in [4.78, 5) is 13.4. The van der Waals surface area contributed by atoms with E-state index in [1.165, 1.54) is 81.9 Å². The van der Waals surface area contributed by atoms with E-state index in [2.05, 4.69) is 73.6 Å². The maximum atomic E-state index is 13.4. The van der Waals surface area contributed by atoms with E-state index in [0.29, 0.717) is 12.2 Å². The molecule has 0 saturated carbocycles. The van der Waals surface area contributed by atoms with Crippen molar-refractivity contribution < 1.29 is 31.1 Å². The highest BCUT2D eigenvalue weighted by atomic mass is 79.9. The molecular formula is C36H53BrN2O2S. The molecule has 0 fully saturated rings. The number of nitrogens with zero attached hydrogens (tertiary/aromatic N) is 1. The zero-order chi connectivity index (χ0) is 29.5. The van der Waals surface area contributed by atoms with Crippen LogP contribution in [-0.2, 0) is 12.0 Å². The second-order valence-corrected chi connectivity index (χ2v) is 13.2. The van der Waals surface area contributed by atoms with Crippen molar-refractivity contribution in [2.24, 2.45) is 0 Å². The van der Waals surface area contributed by atoms with Crippen molar-refractivity contribution in [3.63, 3.8) is 0 Å². The van der Waals surface area contributed by atoms with Crippen LogP contribution in [0.5, 0.6) is 5.75 Å². The third-order valence-corrected chi connectivity index (χ3v) is 8.61. The van der Waals surface area contributed by atoms with Gasteiger partial charge in [-0.15, -0.1) is 0 Å². The van der Waals surface area contributed by atoms with Crippen LogP contribution in [0.15, 0.2) is 53.4 Å². The fraction of sp³-hybridized carbons (Fsp3) is 0.556. The lowest BCUT2D eigenvalue weighted by Gasteiger charge is -2.24. The van der Waals surface area contributed by atoms with E-state index in [-0.39, 0.29) is 28.3 Å². The summed E-state index contributed by atoms with van der Waals surface area (Å²) in [6.45, 7) is 12.4. The van der Waals surface area contributed by atoms with Crippen LogP contribution in [0, 0.1) is 6.92 Å². The highest BCUT2D eigenvalue weighted by molar-refractivity contribution is 7.07. The number of amides is 1. The zero-order valence-corrected chi connectivity index (χ0v) is 29.0. The van der Waals surface area contributed by atoms with Gasteiger partial charge < -0.3 is 27.0 Å². The summed E-state index contributed by atoms with van der Waals surface area (Å²) >= 11 is 1.71. The molecule has 0 aliphatic heterocycles. The molecule has 1 N–H and O–H groups in total. The van der Waals surface area contributed by atoms with Crippen LogP contribution in [0.4, 0.5) is 5.69 Å². The molecule has 2 aromatic carbocycles. The number of carbonyl (C=O) groups is 1. The van der Waals surface area contributed by atoms with Gasteiger partial charge in [0.05, 0.1) is 17.6 Å². The Balaban J connectivity index is 0.00000616. The Kier molecular flexibility index (Phi) is 16.4. The molecule has 42 heavy (non-hydrogen) atoms. The number of carbonyl (C=O) groups excluding carboxylic acids is 1. The van der Waals surface area contributed by atoms with Crippen LogP contribution in [0.1, 0.15) is 132 Å². The number of benzene rings is 2. The Hall–Kier alpha value is -2.18. The molecule has 4 nitrogen and oxygen atoms in total. The van der Waals surface area contributed by atoms with Crippen molar-refractivity contribution in [1.29, 1.82) is 0 Å². The summed E-state index contributed by atoms with van der Waals surface area (Å²) in [6.07, 6.45) is 15.8. The van der Waals surface area contributed by atoms with Crippen LogP contribution in [0.2, 0.25) is 0 Å². The third-order valence-electron chi connectivity index (χ3n) is 7.76. The number of anilines is 1. The topological polar surface area (TPSA) is 42.2 Å². The van der Waals surface area contributed by atoms with Gasteiger partial charge >= 0.3 is 0 Å². The molecule has 232 valence electrons. The van der Waals surface area contributed by atoms with Gasteiger partial charge in [0.1, 0.15) is 5.75 Å². The smallest absolute Gasteiger partial charge is 0.259 e. The predicted octanol–water partition coefficient (Wildman–Crippen LogP) is 7.03. The summed E-state index contributed by atoms with van der Waals surface area (Å²) in [5.41, 5.74) is 6.93. The Labute approximate surface area is 270 Å². The number of nitrogens with one attached hydrogen (secondary N) is 1. The lowest BCUT2D eigenvalue weighted by atomic mass is 9.85. The number of hydrogen-bond acceptors (Lipinski definition) is 3. The molecule has 0 atom stereocenters. The monoisotopic (exact) mass is 656 g/mol. The summed E-state index contributed by atoms with van der Waals surface area (Å²) in [7, 11) is 0. The number of para-hydroxylation sites is 1. The third kappa shape index (κ3) is 12.2. The molecule has 1 heterocycles. The highest BCUT2D eigenvalue weighted by Crippen LogP contribution is 2.35. The van der Waals surface area contributed by atoms with E-state index in [1.807, 2.05) is 24.3 Å². The normalized spacial score (nSPS) is 11.3. The minimum Gasteiger partial charge on any atom is -1.00 e. The van der Waals surface area contributed by atoms with Crippen LogP contribution < -0.4 is 31.6 Å². The van der Waals surface area contributed by atoms with Crippen LogP contribution in [0.25, 0.3) is 0 Å². The molecule has 0 bridgehead atoms. The minimum atomic E-state index is -0.128. The molecule has 0 aliphatic carbocycles. The Morgan fingerprint density at radius 1 is 0.857 bits per heavy atom. The lowest BCUT2D eigenvalue weighted by molar-refractivity contribution is -0.689. The number of unbranched alkanes of at least 4 members (excludes halogenated alkanes) is 11. The molecule has 0 saturated heterocycles. The van der Waals surface area contributed by atoms with Gasteiger partial charge in [-0.3, -0.25) is 4.79 Å². The number of aromatic nitrogens is 1. The van der Waals surface area contributed by atoms with E-state index in [4.69, 9.17) is 4.74 Å². The Morgan fingerprint density at radius 3 is 2.00 bits per heavy atom. The Bertz CT molecular complexity index is 1180. The van der Waals surface area contributed by atoms with Crippen LogP contribution in [0.3, 0.4) is 0 Å². The number of aryl methyl sites for hydroxylation is 1. The molecule has 3 aromatic rings. The van der Waals surface area contributed by atoms with Crippen molar-refractivity contribution >= 4 is 22.9 Å². The van der Waals surface area contributed by atoms with Gasteiger partial charge in [-0.1, -0.05) is 134 Å². The van der Waals surface area contributed by atoms with E-state index in [1.54, 1.807) is 11.3 Å². The lowest BCUT2D eigenvalue weighted by Crippen LogP contribution is -3.00. The molecule has 1 aromatic heterocycles. The van der Waals surface area contributed by atoms with Crippen LogP contribution >= 0.6 is 11.3 Å². The number of thiazole rings is 1. The molecule has 0 spiro atoms. The second kappa shape index (κ2) is 19.2. The van der Waals surface area contributed by atoms with E-state index in [9.17, 15) is 4.79 Å². The van der Waals surface area contributed by atoms with Gasteiger partial charge in [-0.2, -0.15) is 4.57 Å². The van der Waals surface area contributed by atoms with Crippen molar-refractivity contribution in [1.82, 2.24) is 0 Å². The summed E-state index contributed by atoms with van der Waals surface area (Å²) in [5.74, 6) is 0.595. The predicted molar refractivity (Wildman–Crippen MR) is 174 cm³/mol. The molecule has 0 radical (unpaired) electrons. The van der Waals surface area contributed by atoms with Gasteiger partial charge in [0, 0.05) is 23.7 Å². The standard InChI is InChI=1S/C36H52N2O2S.BrH/c1-6-7-8-9-10-11-12-13-14-15-16-17-25-40-34-32(19-18-20-33(34)36(3,4)5)35(39)37-31-23-21-30(22-24-31)26-38-28-41-27-29(38)2;/h18-24,27-28H,6-17,25-26H2,1-5H3;1H. The number of rotatable bonds is 18. The first kappa shape index (κ1) is 36.0. The fourth-order valence-corrected chi connectivity index (χ4v) is 5.96. The minimum absolute atomic E-state index is 0. The van der Waals surface area contributed by atoms with Crippen LogP contribution in [-0.4, -0.2) is 12.5 Å². The SMILES string of the molecule is CCCCCCCCCCCCCCOc1c(C(=O)Nc2ccc(C[n+]3cscc3C)cc2)cccc1C(C)(C)C.[Br-]. The average Bonchev–Trinajstić information content (AvgIpc) is 3.35. The van der Waals surface area contributed by atoms with Crippen molar-refractivity contribution in [3.8, 4) is 5.75 Å². The van der Waals surface area contributed by atoms with Crippen molar-refractivity contribution in [2.75, 3.05) is 11.9 Å². The quantitative estimate of drug-likeness (QED) is 0.118. The zero-order valence-electron chi connectivity index (χ0n) is 26.6. The van der Waals surface area contributed by atoms with E-state index in [0.717, 1.165) is 30.0 Å². The number of hydrogen-bond donors (Lipinski definition) is 1. The fourth-order valence-electron chi connectivity index (χ4n) is 5.18. The average molecular weight is 658 g/mol. The van der Waals surface area contributed by atoms with Gasteiger partial charge in [0.25, 0.3) is 5.91 Å². The summed E-state index contributed by atoms with van der Waals surface area (Å²) in [6, 6.07) is 14.1. The van der Waals surface area contributed by atoms with E-state index >= 15 is 0 Å². The summed E-state index contributed by atoms with van der Waals surface area (Å²) in [5, 5.41) is 5.25. The molecule has 3 rings (SSSR count). The number of ether oxygens (including phenoxy) is 1. The molecule has 0 unspecified atom stereocenters. The Morgan fingerprint density at radius 2 is 1.45 bits per heavy atom. The highest BCUT2D eigenvalue weighted by Gasteiger charge is 2.24. The van der Waals surface area contributed by atoms with Crippen molar-refractivity contribution in [3.05, 3.63) is 75.7 Å². The first-order valence-electron chi connectivity index (χ1n) is 15.9. The largest absolute Gasteiger partial charge is 1.00 e. The first-order valence-corrected chi connectivity index (χ1v) is 16.8. The first-order chi connectivity index (χ1) is 19.8. The summed E-state index contributed by atoms with van der Waals surface area (Å²) < 4.78 is 8.60. The van der Waals surface area contributed by atoms with Gasteiger partial charge in [0.15, 0.2) is 12.2 Å². The second-order valence-electron chi connectivity index (χ2n) is 12.4. The maximum absolute atomic E-state index is 13.4. The van der Waals surface area contributed by atoms with E-state index < -0.39 is 0 Å². The van der Waals surface area contributed by atoms with Gasteiger partial charge in [-0.05, 0) is 30.0 Å². The molecular weight excluding hydrogens is 604 g/mol. The maximum Gasteiger partial charge on any atom is 0.259 e. The number of halogens is 1.